The van der Waals surface area contributed by atoms with E-state index < -0.39 is 0 Å². The average molecular weight is 386 g/mol. The van der Waals surface area contributed by atoms with Crippen LogP contribution in [0.4, 0.5) is 11.5 Å². The summed E-state index contributed by atoms with van der Waals surface area (Å²) in [5.74, 6) is 0.894. The Balaban J connectivity index is 0.000000755. The summed E-state index contributed by atoms with van der Waals surface area (Å²) in [7, 11) is 0. The summed E-state index contributed by atoms with van der Waals surface area (Å²) in [5.41, 5.74) is 3.63. The van der Waals surface area contributed by atoms with Crippen LogP contribution in [-0.4, -0.2) is 4.98 Å². The van der Waals surface area contributed by atoms with Crippen LogP contribution in [0.5, 0.6) is 0 Å². The van der Waals surface area contributed by atoms with Gasteiger partial charge in [0.25, 0.3) is 0 Å². The highest BCUT2D eigenvalue weighted by molar-refractivity contribution is 5.56. The third-order valence-corrected chi connectivity index (χ3v) is 4.55. The Morgan fingerprint density at radius 3 is 2.14 bits per heavy atom. The van der Waals surface area contributed by atoms with Crippen LogP contribution >= 0.6 is 0 Å². The second-order valence-corrected chi connectivity index (χ2v) is 7.27. The van der Waals surface area contributed by atoms with Gasteiger partial charge in [-0.2, -0.15) is 0 Å². The molecule has 1 heterocycles. The van der Waals surface area contributed by atoms with Gasteiger partial charge in [0.1, 0.15) is 5.82 Å². The van der Waals surface area contributed by atoms with Crippen LogP contribution in [0.1, 0.15) is 44.2 Å². The van der Waals surface area contributed by atoms with Crippen LogP contribution in [0.3, 0.4) is 0 Å². The topological polar surface area (TPSA) is 37.0 Å². The molecule has 1 aromatic heterocycles. The Morgan fingerprint density at radius 1 is 0.759 bits per heavy atom. The molecular weight excluding hydrogens is 354 g/mol. The SMILES string of the molecule is C1=c2ccc(Nc3ccc(CNCc4ccccc4)cc3)nc2=CCC1.CCC. The van der Waals surface area contributed by atoms with Crippen molar-refractivity contribution in [3.8, 4) is 0 Å². The van der Waals surface area contributed by atoms with E-state index in [1.165, 1.54) is 22.8 Å². The monoisotopic (exact) mass is 385 g/mol. The van der Waals surface area contributed by atoms with Crippen LogP contribution in [0.15, 0.2) is 66.7 Å². The molecule has 2 N–H and O–H groups in total. The van der Waals surface area contributed by atoms with E-state index in [0.717, 1.165) is 42.8 Å². The number of benzene rings is 2. The number of anilines is 2. The summed E-state index contributed by atoms with van der Waals surface area (Å²) in [5, 5.41) is 9.20. The van der Waals surface area contributed by atoms with Crippen molar-refractivity contribution in [2.75, 3.05) is 5.32 Å². The van der Waals surface area contributed by atoms with Crippen LogP contribution in [0.2, 0.25) is 0 Å². The fourth-order valence-corrected chi connectivity index (χ4v) is 3.15. The summed E-state index contributed by atoms with van der Waals surface area (Å²) < 4.78 is 0. The van der Waals surface area contributed by atoms with E-state index in [1.54, 1.807) is 0 Å². The lowest BCUT2D eigenvalue weighted by Gasteiger charge is -2.09. The maximum atomic E-state index is 4.70. The van der Waals surface area contributed by atoms with E-state index in [-0.39, 0.29) is 0 Å². The molecule has 0 radical (unpaired) electrons. The molecule has 0 fully saturated rings. The van der Waals surface area contributed by atoms with E-state index in [2.05, 4.69) is 91.2 Å². The molecule has 0 saturated heterocycles. The lowest BCUT2D eigenvalue weighted by molar-refractivity contribution is 0.693. The van der Waals surface area contributed by atoms with Crippen molar-refractivity contribution in [1.29, 1.82) is 0 Å². The highest BCUT2D eigenvalue weighted by Gasteiger charge is 2.00. The van der Waals surface area contributed by atoms with Gasteiger partial charge in [0.2, 0.25) is 0 Å². The lowest BCUT2D eigenvalue weighted by Crippen LogP contribution is -2.30. The predicted molar refractivity (Wildman–Crippen MR) is 124 cm³/mol. The summed E-state index contributed by atoms with van der Waals surface area (Å²) in [6.07, 6.45) is 7.90. The third kappa shape index (κ3) is 6.58. The molecule has 3 nitrogen and oxygen atoms in total. The van der Waals surface area contributed by atoms with Gasteiger partial charge in [-0.3, -0.25) is 0 Å². The van der Waals surface area contributed by atoms with Gasteiger partial charge >= 0.3 is 0 Å². The predicted octanol–water partition coefficient (Wildman–Crippen LogP) is 4.89. The fourth-order valence-electron chi connectivity index (χ4n) is 3.15. The highest BCUT2D eigenvalue weighted by atomic mass is 15.0. The summed E-state index contributed by atoms with van der Waals surface area (Å²) >= 11 is 0. The number of hydrogen-bond donors (Lipinski definition) is 2. The number of nitrogens with zero attached hydrogens (tertiary/aromatic N) is 1. The molecule has 0 spiro atoms. The first-order chi connectivity index (χ1) is 14.3. The first-order valence-electron chi connectivity index (χ1n) is 10.6. The van der Waals surface area contributed by atoms with Crippen LogP contribution < -0.4 is 21.2 Å². The largest absolute Gasteiger partial charge is 0.340 e. The summed E-state index contributed by atoms with van der Waals surface area (Å²) in [6.45, 7) is 5.99. The molecule has 0 aliphatic heterocycles. The number of pyridine rings is 1. The molecule has 29 heavy (non-hydrogen) atoms. The maximum absolute atomic E-state index is 4.70. The van der Waals surface area contributed by atoms with Gasteiger partial charge < -0.3 is 10.6 Å². The van der Waals surface area contributed by atoms with Crippen molar-refractivity contribution in [1.82, 2.24) is 10.3 Å². The van der Waals surface area contributed by atoms with Crippen LogP contribution in [0.25, 0.3) is 12.2 Å². The van der Waals surface area contributed by atoms with E-state index in [9.17, 15) is 0 Å². The van der Waals surface area contributed by atoms with Gasteiger partial charge in [0, 0.05) is 18.8 Å². The van der Waals surface area contributed by atoms with Crippen molar-refractivity contribution in [3.63, 3.8) is 0 Å². The molecule has 0 atom stereocenters. The highest BCUT2D eigenvalue weighted by Crippen LogP contribution is 2.14. The number of aromatic nitrogens is 1. The van der Waals surface area contributed by atoms with Crippen LogP contribution in [0, 0.1) is 0 Å². The third-order valence-electron chi connectivity index (χ3n) is 4.55. The Morgan fingerprint density at radius 2 is 1.41 bits per heavy atom. The van der Waals surface area contributed by atoms with Gasteiger partial charge in [-0.05, 0) is 53.5 Å². The van der Waals surface area contributed by atoms with Gasteiger partial charge in [0.15, 0.2) is 0 Å². The molecule has 2 aromatic carbocycles. The Hall–Kier alpha value is -2.91. The van der Waals surface area contributed by atoms with Crippen molar-refractivity contribution in [3.05, 3.63) is 88.4 Å². The summed E-state index contributed by atoms with van der Waals surface area (Å²) in [6, 6.07) is 23.2. The molecule has 0 saturated carbocycles. The zero-order chi connectivity index (χ0) is 20.3. The molecule has 4 rings (SSSR count). The smallest absolute Gasteiger partial charge is 0.131 e. The number of rotatable bonds is 6. The van der Waals surface area contributed by atoms with E-state index in [1.807, 2.05) is 12.1 Å². The lowest BCUT2D eigenvalue weighted by atomic mass is 10.1. The van der Waals surface area contributed by atoms with Crippen molar-refractivity contribution in [2.45, 2.75) is 46.2 Å². The quantitative estimate of drug-likeness (QED) is 0.635. The second-order valence-electron chi connectivity index (χ2n) is 7.27. The van der Waals surface area contributed by atoms with E-state index >= 15 is 0 Å². The Labute approximate surface area is 174 Å². The normalized spacial score (nSPS) is 11.9. The Kier molecular flexibility index (Phi) is 8.02. The molecule has 3 heteroatoms. The summed E-state index contributed by atoms with van der Waals surface area (Å²) in [4.78, 5) is 4.70. The Bertz CT molecular complexity index is 992. The second kappa shape index (κ2) is 11.2. The van der Waals surface area contributed by atoms with Crippen molar-refractivity contribution >= 4 is 23.7 Å². The zero-order valence-corrected chi connectivity index (χ0v) is 17.5. The number of hydrogen-bond acceptors (Lipinski definition) is 3. The maximum Gasteiger partial charge on any atom is 0.131 e. The number of nitrogens with one attached hydrogen (secondary N) is 2. The molecule has 0 bridgehead atoms. The van der Waals surface area contributed by atoms with Crippen LogP contribution in [-0.2, 0) is 13.1 Å². The average Bonchev–Trinajstić information content (AvgIpc) is 2.76. The molecular formula is C26H31N3. The fraction of sp³-hybridized carbons (Fsp3) is 0.269. The van der Waals surface area contributed by atoms with E-state index in [4.69, 9.17) is 4.98 Å². The standard InChI is InChI=1S/C23H23N3.C3H8/c1-2-6-18(7-3-1)16-24-17-19-10-13-21(14-11-19)25-23-15-12-20-8-4-5-9-22(20)26-23;1-3-2/h1-3,6-15,24H,4-5,16-17H2,(H,25,26);3H2,1-2H3. The first-order valence-corrected chi connectivity index (χ1v) is 10.6. The molecule has 0 amide bonds. The minimum absolute atomic E-state index is 0.858. The minimum atomic E-state index is 0.858. The minimum Gasteiger partial charge on any atom is -0.340 e. The molecule has 1 aliphatic rings. The van der Waals surface area contributed by atoms with Gasteiger partial charge in [-0.15, -0.1) is 0 Å². The molecule has 150 valence electrons. The molecule has 1 aliphatic carbocycles. The molecule has 0 unspecified atom stereocenters. The van der Waals surface area contributed by atoms with Gasteiger partial charge in [-0.25, -0.2) is 4.98 Å². The van der Waals surface area contributed by atoms with Crippen molar-refractivity contribution in [2.24, 2.45) is 0 Å². The number of fused-ring (bicyclic) bond motifs is 1. The zero-order valence-electron chi connectivity index (χ0n) is 17.5. The van der Waals surface area contributed by atoms with Crippen molar-refractivity contribution < 1.29 is 0 Å². The van der Waals surface area contributed by atoms with Gasteiger partial charge in [0.05, 0.1) is 5.35 Å². The van der Waals surface area contributed by atoms with Gasteiger partial charge in [-0.1, -0.05) is 74.9 Å². The van der Waals surface area contributed by atoms with E-state index in [0.29, 0.717) is 0 Å². The molecule has 3 aromatic rings. The first kappa shape index (κ1) is 20.8.